The minimum absolute atomic E-state index is 0.0555. The highest BCUT2D eigenvalue weighted by molar-refractivity contribution is 5.97. The summed E-state index contributed by atoms with van der Waals surface area (Å²) < 4.78 is 6.44. The first-order chi connectivity index (χ1) is 18.9. The molecule has 4 aliphatic rings. The van der Waals surface area contributed by atoms with E-state index in [0.29, 0.717) is 17.9 Å². The van der Waals surface area contributed by atoms with Gasteiger partial charge in [-0.05, 0) is 63.0 Å². The molecule has 0 bridgehead atoms. The number of benzene rings is 1. The molecule has 0 radical (unpaired) electrons. The highest BCUT2D eigenvalue weighted by Gasteiger charge is 2.50. The van der Waals surface area contributed by atoms with E-state index in [1.165, 1.54) is 44.9 Å². The molecule has 6 heteroatoms. The average molecular weight is 538 g/mol. The zero-order valence-corrected chi connectivity index (χ0v) is 24.8. The molecular weight excluding hydrogens is 486 g/mol. The van der Waals surface area contributed by atoms with E-state index < -0.39 is 0 Å². The Morgan fingerprint density at radius 3 is 2.28 bits per heavy atom. The predicted molar refractivity (Wildman–Crippen MR) is 156 cm³/mol. The summed E-state index contributed by atoms with van der Waals surface area (Å²) >= 11 is 0. The summed E-state index contributed by atoms with van der Waals surface area (Å²) in [6, 6.07) is 6.62. The summed E-state index contributed by atoms with van der Waals surface area (Å²) in [5.41, 5.74) is 2.73. The van der Waals surface area contributed by atoms with E-state index in [0.717, 1.165) is 88.1 Å². The van der Waals surface area contributed by atoms with Gasteiger partial charge in [0.1, 0.15) is 5.60 Å². The Labute approximate surface area is 236 Å². The van der Waals surface area contributed by atoms with E-state index in [1.807, 2.05) is 32.0 Å². The van der Waals surface area contributed by atoms with E-state index in [2.05, 4.69) is 21.6 Å². The number of carbonyl (C=O) groups is 2. The molecule has 3 saturated heterocycles. The van der Waals surface area contributed by atoms with Crippen LogP contribution in [0.25, 0.3) is 0 Å². The van der Waals surface area contributed by atoms with E-state index in [9.17, 15) is 9.59 Å². The summed E-state index contributed by atoms with van der Waals surface area (Å²) in [5.74, 6) is 1.28. The van der Waals surface area contributed by atoms with Crippen molar-refractivity contribution in [2.45, 2.75) is 109 Å². The lowest BCUT2D eigenvalue weighted by Gasteiger charge is -2.52. The van der Waals surface area contributed by atoms with Crippen molar-refractivity contribution in [2.24, 2.45) is 11.8 Å². The van der Waals surface area contributed by atoms with Crippen LogP contribution in [0, 0.1) is 25.7 Å². The van der Waals surface area contributed by atoms with Crippen molar-refractivity contribution in [1.29, 1.82) is 0 Å². The van der Waals surface area contributed by atoms with Gasteiger partial charge in [-0.2, -0.15) is 0 Å². The maximum atomic E-state index is 13.3. The highest BCUT2D eigenvalue weighted by Crippen LogP contribution is 2.42. The number of carbonyl (C=O) groups excluding carboxylic acids is 2. The first-order valence-electron chi connectivity index (χ1n) is 16.0. The third-order valence-electron chi connectivity index (χ3n) is 10.5. The molecule has 1 aromatic carbocycles. The van der Waals surface area contributed by atoms with Crippen molar-refractivity contribution in [3.63, 3.8) is 0 Å². The molecule has 3 aliphatic heterocycles. The summed E-state index contributed by atoms with van der Waals surface area (Å²) in [6.07, 6.45) is 13.9. The Morgan fingerprint density at radius 2 is 1.64 bits per heavy atom. The Hall–Kier alpha value is -2.08. The quantitative estimate of drug-likeness (QED) is 0.394. The molecule has 4 fully saturated rings. The number of ether oxygens (including phenoxy) is 1. The van der Waals surface area contributed by atoms with Gasteiger partial charge < -0.3 is 14.5 Å². The minimum atomic E-state index is -0.287. The number of amides is 2. The zero-order valence-electron chi connectivity index (χ0n) is 24.8. The molecule has 0 aromatic heterocycles. The molecular formula is C33H51N3O3. The maximum Gasteiger partial charge on any atom is 0.410 e. The van der Waals surface area contributed by atoms with Gasteiger partial charge in [-0.15, -0.1) is 0 Å². The van der Waals surface area contributed by atoms with Crippen LogP contribution in [0.4, 0.5) is 4.79 Å². The van der Waals surface area contributed by atoms with Crippen LogP contribution >= 0.6 is 0 Å². The highest BCUT2D eigenvalue weighted by atomic mass is 16.6. The number of piperidine rings is 2. The fourth-order valence-corrected chi connectivity index (χ4v) is 7.99. The Balaban J connectivity index is 1.16. The fourth-order valence-electron chi connectivity index (χ4n) is 7.99. The molecule has 0 unspecified atom stereocenters. The molecule has 216 valence electrons. The van der Waals surface area contributed by atoms with Gasteiger partial charge >= 0.3 is 6.09 Å². The Morgan fingerprint density at radius 1 is 0.974 bits per heavy atom. The first-order valence-corrected chi connectivity index (χ1v) is 16.0. The van der Waals surface area contributed by atoms with Gasteiger partial charge in [0, 0.05) is 69.6 Å². The molecule has 1 aliphatic carbocycles. The second-order valence-corrected chi connectivity index (χ2v) is 13.0. The summed E-state index contributed by atoms with van der Waals surface area (Å²) in [6.45, 7) is 11.8. The maximum absolute atomic E-state index is 13.3. The smallest absolute Gasteiger partial charge is 0.410 e. The fraction of sp³-hybridized carbons (Fsp3) is 0.758. The molecule has 0 N–H and O–H groups in total. The SMILES string of the molecule is CCCC[C@H]1CN(CC2CCCCC2)C(=O)OC12CCN(C1CCN(C(=O)c3c(C)cccc3C)CC1)CC2. The van der Waals surface area contributed by atoms with E-state index >= 15 is 0 Å². The van der Waals surface area contributed by atoms with Crippen LogP contribution in [0.5, 0.6) is 0 Å². The molecule has 39 heavy (non-hydrogen) atoms. The second-order valence-electron chi connectivity index (χ2n) is 13.0. The van der Waals surface area contributed by atoms with Gasteiger partial charge in [-0.3, -0.25) is 9.69 Å². The van der Waals surface area contributed by atoms with E-state index in [1.54, 1.807) is 0 Å². The van der Waals surface area contributed by atoms with Crippen molar-refractivity contribution >= 4 is 12.0 Å². The molecule has 1 aromatic rings. The average Bonchev–Trinajstić information content (AvgIpc) is 2.95. The largest absolute Gasteiger partial charge is 0.442 e. The molecule has 5 rings (SSSR count). The first kappa shape index (κ1) is 28.4. The normalized spacial score (nSPS) is 25.2. The van der Waals surface area contributed by atoms with Crippen LogP contribution in [0.2, 0.25) is 0 Å². The zero-order chi connectivity index (χ0) is 27.4. The Kier molecular flexibility index (Phi) is 9.20. The summed E-state index contributed by atoms with van der Waals surface area (Å²) in [5, 5.41) is 0. The molecule has 2 amide bonds. The van der Waals surface area contributed by atoms with Crippen molar-refractivity contribution in [3.8, 4) is 0 Å². The van der Waals surface area contributed by atoms with Gasteiger partial charge in [0.2, 0.25) is 0 Å². The van der Waals surface area contributed by atoms with Gasteiger partial charge in [0.15, 0.2) is 0 Å². The van der Waals surface area contributed by atoms with Crippen LogP contribution in [0.3, 0.4) is 0 Å². The van der Waals surface area contributed by atoms with E-state index in [4.69, 9.17) is 4.74 Å². The number of aryl methyl sites for hydroxylation is 2. The standard InChI is InChI=1S/C33H51N3O3/c1-4-5-14-28-24-36(23-27-12-7-6-8-13-27)32(38)39-33(28)17-21-34(22-18-33)29-15-19-35(20-16-29)31(37)30-25(2)10-9-11-26(30)3/h9-11,27-29H,4-8,12-24H2,1-3H3/t28-/m0/s1. The van der Waals surface area contributed by atoms with Gasteiger partial charge in [0.25, 0.3) is 5.91 Å². The molecule has 6 nitrogen and oxygen atoms in total. The monoisotopic (exact) mass is 537 g/mol. The van der Waals surface area contributed by atoms with Crippen LogP contribution in [-0.4, -0.2) is 77.6 Å². The second kappa shape index (κ2) is 12.6. The number of hydrogen-bond acceptors (Lipinski definition) is 4. The number of unbranched alkanes of at least 4 members (excludes halogenated alkanes) is 1. The molecule has 1 atom stereocenters. The third-order valence-corrected chi connectivity index (χ3v) is 10.5. The van der Waals surface area contributed by atoms with Crippen LogP contribution in [0.1, 0.15) is 105 Å². The Bertz CT molecular complexity index is 968. The van der Waals surface area contributed by atoms with Crippen molar-refractivity contribution in [1.82, 2.24) is 14.7 Å². The van der Waals surface area contributed by atoms with Crippen molar-refractivity contribution in [2.75, 3.05) is 39.3 Å². The lowest BCUT2D eigenvalue weighted by Crippen LogP contribution is -2.61. The third kappa shape index (κ3) is 6.31. The molecule has 1 saturated carbocycles. The van der Waals surface area contributed by atoms with Crippen LogP contribution in [-0.2, 0) is 4.74 Å². The number of rotatable bonds is 7. The summed E-state index contributed by atoms with van der Waals surface area (Å²) in [7, 11) is 0. The predicted octanol–water partition coefficient (Wildman–Crippen LogP) is 6.58. The van der Waals surface area contributed by atoms with Gasteiger partial charge in [0.05, 0.1) is 0 Å². The van der Waals surface area contributed by atoms with Crippen LogP contribution in [0.15, 0.2) is 18.2 Å². The van der Waals surface area contributed by atoms with Crippen molar-refractivity contribution < 1.29 is 14.3 Å². The number of likely N-dealkylation sites (tertiary alicyclic amines) is 2. The topological polar surface area (TPSA) is 53.1 Å². The number of nitrogens with zero attached hydrogens (tertiary/aromatic N) is 3. The van der Waals surface area contributed by atoms with Crippen LogP contribution < -0.4 is 0 Å². The van der Waals surface area contributed by atoms with Gasteiger partial charge in [-0.1, -0.05) is 57.2 Å². The number of hydrogen-bond donors (Lipinski definition) is 0. The summed E-state index contributed by atoms with van der Waals surface area (Å²) in [4.78, 5) is 33.3. The lowest BCUT2D eigenvalue weighted by molar-refractivity contribution is -0.127. The van der Waals surface area contributed by atoms with Crippen molar-refractivity contribution in [3.05, 3.63) is 34.9 Å². The lowest BCUT2D eigenvalue weighted by atomic mass is 9.75. The minimum Gasteiger partial charge on any atom is -0.442 e. The van der Waals surface area contributed by atoms with E-state index in [-0.39, 0.29) is 17.6 Å². The van der Waals surface area contributed by atoms with Gasteiger partial charge in [-0.25, -0.2) is 4.79 Å². The molecule has 3 heterocycles. The molecule has 1 spiro atoms.